The van der Waals surface area contributed by atoms with Crippen molar-refractivity contribution < 1.29 is 0 Å². The third-order valence-electron chi connectivity index (χ3n) is 15.1. The van der Waals surface area contributed by atoms with Gasteiger partial charge in [-0.3, -0.25) is 0 Å². The summed E-state index contributed by atoms with van der Waals surface area (Å²) in [4.78, 5) is 0. The lowest BCUT2D eigenvalue weighted by atomic mass is 9.96. The van der Waals surface area contributed by atoms with Gasteiger partial charge in [0.2, 0.25) is 0 Å². The summed E-state index contributed by atoms with van der Waals surface area (Å²) in [5.74, 6) is 0. The number of hydrogen-bond acceptors (Lipinski definition) is 0. The molecule has 3 aliphatic carbocycles. The maximum absolute atomic E-state index is 2.64. The Morgan fingerprint density at radius 3 is 0.937 bits per heavy atom. The second kappa shape index (κ2) is 16.6. The smallest absolute Gasteiger partial charge is 0.0534 e. The fraction of sp³-hybridized carbons (Fsp3) is 0.300. The summed E-state index contributed by atoms with van der Waals surface area (Å²) in [6.45, 7) is 0. The largest absolute Gasteiger partial charge is 0.313 e. The lowest BCUT2D eigenvalue weighted by Crippen LogP contribution is -2.06. The number of aryl methyl sites for hydroxylation is 3. The minimum Gasteiger partial charge on any atom is -0.313 e. The zero-order valence-electron chi connectivity index (χ0n) is 36.8. The Morgan fingerprint density at radius 1 is 0.254 bits per heavy atom. The lowest BCUT2D eigenvalue weighted by molar-refractivity contribution is 0.608. The summed E-state index contributed by atoms with van der Waals surface area (Å²) in [7, 11) is 0. The Kier molecular flexibility index (Phi) is 10.2. The van der Waals surface area contributed by atoms with Crippen LogP contribution in [0.25, 0.3) is 72.0 Å². The molecule has 0 spiro atoms. The predicted molar refractivity (Wildman–Crippen MR) is 265 cm³/mol. The van der Waals surface area contributed by atoms with Crippen LogP contribution >= 0.6 is 0 Å². The average molecular weight is 822 g/mol. The van der Waals surface area contributed by atoms with E-state index >= 15 is 0 Å². The van der Waals surface area contributed by atoms with Gasteiger partial charge in [-0.1, -0.05) is 117 Å². The summed E-state index contributed by atoms with van der Waals surface area (Å²) >= 11 is 0. The molecule has 3 aromatic heterocycles. The number of para-hydroxylation sites is 3. The molecule has 3 heteroatoms. The Morgan fingerprint density at radius 2 is 0.571 bits per heavy atom. The minimum absolute atomic E-state index is 1.12. The van der Waals surface area contributed by atoms with Crippen molar-refractivity contribution in [1.29, 1.82) is 0 Å². The zero-order chi connectivity index (χ0) is 41.7. The van der Waals surface area contributed by atoms with Gasteiger partial charge in [0, 0.05) is 50.3 Å². The highest BCUT2D eigenvalue weighted by molar-refractivity contribution is 5.91. The summed E-state index contributed by atoms with van der Waals surface area (Å²) in [5, 5.41) is 4.30. The summed E-state index contributed by atoms with van der Waals surface area (Å²) in [6.07, 6.45) is 22.5. The van der Waals surface area contributed by atoms with Gasteiger partial charge >= 0.3 is 0 Å². The fourth-order valence-electron chi connectivity index (χ4n) is 12.1. The molecular formula is C60H59N3. The van der Waals surface area contributed by atoms with E-state index in [0.717, 1.165) is 25.7 Å². The van der Waals surface area contributed by atoms with Gasteiger partial charge in [-0.25, -0.2) is 0 Å². The first-order valence-electron chi connectivity index (χ1n) is 24.5. The van der Waals surface area contributed by atoms with Crippen molar-refractivity contribution >= 4 is 32.7 Å². The maximum Gasteiger partial charge on any atom is 0.0534 e. The van der Waals surface area contributed by atoms with Gasteiger partial charge in [-0.05, 0) is 177 Å². The molecule has 0 saturated heterocycles. The van der Waals surface area contributed by atoms with Gasteiger partial charge < -0.3 is 13.7 Å². The van der Waals surface area contributed by atoms with Crippen LogP contribution in [0.1, 0.15) is 111 Å². The van der Waals surface area contributed by atoms with Crippen LogP contribution in [-0.4, -0.2) is 13.7 Å². The van der Waals surface area contributed by atoms with Crippen molar-refractivity contribution in [2.75, 3.05) is 0 Å². The van der Waals surface area contributed by atoms with Crippen LogP contribution < -0.4 is 0 Å². The Balaban J connectivity index is 0.999. The first-order chi connectivity index (χ1) is 31.3. The van der Waals surface area contributed by atoms with Crippen LogP contribution in [0.5, 0.6) is 0 Å². The quantitative estimate of drug-likeness (QED) is 0.164. The van der Waals surface area contributed by atoms with Gasteiger partial charge in [0.25, 0.3) is 0 Å². The molecule has 0 bridgehead atoms. The van der Waals surface area contributed by atoms with Crippen molar-refractivity contribution in [2.45, 2.75) is 116 Å². The highest BCUT2D eigenvalue weighted by Gasteiger charge is 2.23. The summed E-state index contributed by atoms with van der Waals surface area (Å²) in [5.41, 5.74) is 22.1. The highest BCUT2D eigenvalue weighted by atomic mass is 15.0. The third-order valence-corrected chi connectivity index (χ3v) is 15.1. The van der Waals surface area contributed by atoms with Gasteiger partial charge in [0.1, 0.15) is 0 Å². The normalized spacial score (nSPS) is 16.1. The molecule has 0 radical (unpaired) electrons. The van der Waals surface area contributed by atoms with E-state index in [1.54, 1.807) is 16.7 Å². The van der Waals surface area contributed by atoms with E-state index < -0.39 is 0 Å². The maximum atomic E-state index is 2.64. The second-order valence-corrected chi connectivity index (χ2v) is 18.9. The van der Waals surface area contributed by atoms with E-state index in [4.69, 9.17) is 0 Å². The second-order valence-electron chi connectivity index (χ2n) is 18.9. The molecule has 0 unspecified atom stereocenters. The van der Waals surface area contributed by atoms with Crippen molar-refractivity contribution in [3.63, 3.8) is 0 Å². The Bertz CT molecular complexity index is 2950. The van der Waals surface area contributed by atoms with Crippen LogP contribution in [0.3, 0.4) is 0 Å². The number of hydrogen-bond donors (Lipinski definition) is 0. The zero-order valence-corrected chi connectivity index (χ0v) is 36.8. The number of fused-ring (bicyclic) bond motifs is 9. The molecule has 12 rings (SSSR count). The predicted octanol–water partition coefficient (Wildman–Crippen LogP) is 15.8. The summed E-state index contributed by atoms with van der Waals surface area (Å²) < 4.78 is 7.81. The van der Waals surface area contributed by atoms with Crippen LogP contribution in [0.2, 0.25) is 0 Å². The monoisotopic (exact) mass is 821 g/mol. The topological polar surface area (TPSA) is 14.8 Å². The summed E-state index contributed by atoms with van der Waals surface area (Å²) in [6, 6.07) is 53.9. The van der Waals surface area contributed by atoms with E-state index in [9.17, 15) is 0 Å². The molecule has 3 nitrogen and oxygen atoms in total. The number of nitrogens with zero attached hydrogens (tertiary/aromatic N) is 3. The molecule has 6 aromatic carbocycles. The molecule has 0 aliphatic heterocycles. The van der Waals surface area contributed by atoms with Crippen LogP contribution in [0.4, 0.5) is 0 Å². The lowest BCUT2D eigenvalue weighted by Gasteiger charge is -2.18. The molecular weight excluding hydrogens is 763 g/mol. The third kappa shape index (κ3) is 6.87. The molecule has 0 N–H and O–H groups in total. The number of rotatable bonds is 5. The van der Waals surface area contributed by atoms with Crippen LogP contribution in [0.15, 0.2) is 140 Å². The highest BCUT2D eigenvalue weighted by Crippen LogP contribution is 2.40. The van der Waals surface area contributed by atoms with Crippen molar-refractivity contribution in [1.82, 2.24) is 13.7 Å². The standard InChI is InChI=1S/C60H59N3/c1-4-10-25-55-49(19-7-1)52-22-13-16-28-57(52)61(55)46-35-31-42(32-36-46)44-39-45(41-48(40-44)63-59-27-12-6-3-9-21-51(59)54-24-15-18-30-60(54)63)43-33-37-47(38-34-43)62-56-26-11-5-2-8-20-50(56)53-23-14-17-29-58(53)62/h13-18,22-24,28-41H,1-12,19-21,25-27H2. The van der Waals surface area contributed by atoms with Gasteiger partial charge in [-0.2, -0.15) is 0 Å². The first kappa shape index (κ1) is 38.6. The molecule has 3 aliphatic rings. The van der Waals surface area contributed by atoms with E-state index in [1.807, 2.05) is 0 Å². The van der Waals surface area contributed by atoms with Gasteiger partial charge in [0.15, 0.2) is 0 Å². The van der Waals surface area contributed by atoms with E-state index in [1.165, 1.54) is 179 Å². The number of benzene rings is 6. The Labute approximate surface area is 373 Å². The molecule has 0 saturated carbocycles. The molecule has 0 amide bonds. The van der Waals surface area contributed by atoms with Crippen molar-refractivity contribution in [3.8, 4) is 39.3 Å². The molecule has 63 heavy (non-hydrogen) atoms. The van der Waals surface area contributed by atoms with E-state index in [0.29, 0.717) is 0 Å². The molecule has 314 valence electrons. The van der Waals surface area contributed by atoms with Crippen molar-refractivity contribution in [3.05, 3.63) is 173 Å². The Hall–Kier alpha value is -6.06. The molecule has 0 fully saturated rings. The van der Waals surface area contributed by atoms with Crippen molar-refractivity contribution in [2.24, 2.45) is 0 Å². The molecule has 0 atom stereocenters. The SMILES string of the molecule is c1ccc2c(c1)c1c(n2-c2ccc(-c3cc(-c4ccc(-n5c6c(c7ccccc75)CCCCCC6)cc4)cc(-n4c5c(c6ccccc64)CCCCCC5)c3)cc2)CCCCCC1. The van der Waals surface area contributed by atoms with E-state index in [2.05, 4.69) is 153 Å². The van der Waals surface area contributed by atoms with Crippen LogP contribution in [-0.2, 0) is 38.5 Å². The first-order valence-corrected chi connectivity index (χ1v) is 24.5. The molecule has 9 aromatic rings. The average Bonchev–Trinajstić information content (AvgIpc) is 3.89. The van der Waals surface area contributed by atoms with Crippen LogP contribution in [0, 0.1) is 0 Å². The van der Waals surface area contributed by atoms with Gasteiger partial charge in [0.05, 0.1) is 16.6 Å². The molecule has 3 heterocycles. The fourth-order valence-corrected chi connectivity index (χ4v) is 12.1. The minimum atomic E-state index is 1.12. The van der Waals surface area contributed by atoms with E-state index in [-0.39, 0.29) is 0 Å². The van der Waals surface area contributed by atoms with Gasteiger partial charge in [-0.15, -0.1) is 0 Å². The number of aromatic nitrogens is 3.